The number of hydrogen-bond acceptors (Lipinski definition) is 5. The van der Waals surface area contributed by atoms with Crippen molar-refractivity contribution in [2.24, 2.45) is 0 Å². The molecule has 0 bridgehead atoms. The highest BCUT2D eigenvalue weighted by Crippen LogP contribution is 2.59. The fraction of sp³-hybridized carbons (Fsp3) is 0.200. The van der Waals surface area contributed by atoms with Gasteiger partial charge in [0.2, 0.25) is 0 Å². The van der Waals surface area contributed by atoms with Crippen LogP contribution < -0.4 is 14.2 Å². The van der Waals surface area contributed by atoms with Crippen molar-refractivity contribution in [3.63, 3.8) is 0 Å². The van der Waals surface area contributed by atoms with Crippen molar-refractivity contribution in [3.8, 4) is 28.4 Å². The number of methoxy groups -OCH3 is 2. The number of carbonyl (C=O) groups is 2. The van der Waals surface area contributed by atoms with Gasteiger partial charge in [-0.2, -0.15) is 0 Å². The average molecular weight is 627 g/mol. The van der Waals surface area contributed by atoms with Gasteiger partial charge in [0.15, 0.2) is 17.1 Å². The van der Waals surface area contributed by atoms with E-state index in [2.05, 4.69) is 44.2 Å². The molecule has 2 N–H and O–H groups in total. The normalized spacial score (nSPS) is 16.9. The molecule has 236 valence electrons. The molecule has 0 aromatic heterocycles. The lowest BCUT2D eigenvalue weighted by molar-refractivity contribution is -0.136. The summed E-state index contributed by atoms with van der Waals surface area (Å²) in [6, 6.07) is 27.0. The molecule has 47 heavy (non-hydrogen) atoms. The van der Waals surface area contributed by atoms with E-state index >= 15 is 0 Å². The number of benzene rings is 5. The molecule has 1 aliphatic carbocycles. The van der Waals surface area contributed by atoms with E-state index in [9.17, 15) is 19.8 Å². The molecule has 7 rings (SSSR count). The smallest absolute Gasteiger partial charge is 0.336 e. The second-order valence-corrected chi connectivity index (χ2v) is 12.5. The van der Waals surface area contributed by atoms with Crippen molar-refractivity contribution in [3.05, 3.63) is 130 Å². The molecule has 0 saturated heterocycles. The van der Waals surface area contributed by atoms with Crippen LogP contribution in [-0.4, -0.2) is 36.4 Å². The average Bonchev–Trinajstić information content (AvgIpc) is 3.33. The molecule has 1 heterocycles. The summed E-state index contributed by atoms with van der Waals surface area (Å²) in [6.45, 7) is 4.44. The van der Waals surface area contributed by atoms with E-state index in [0.29, 0.717) is 28.4 Å². The Morgan fingerprint density at radius 2 is 1.49 bits per heavy atom. The van der Waals surface area contributed by atoms with Gasteiger partial charge in [0.25, 0.3) is 0 Å². The first-order chi connectivity index (χ1) is 22.6. The van der Waals surface area contributed by atoms with E-state index in [4.69, 9.17) is 14.2 Å². The van der Waals surface area contributed by atoms with Crippen LogP contribution in [0.5, 0.6) is 17.2 Å². The highest BCUT2D eigenvalue weighted by Gasteiger charge is 2.45. The van der Waals surface area contributed by atoms with Crippen molar-refractivity contribution in [2.45, 2.75) is 37.7 Å². The van der Waals surface area contributed by atoms with Crippen LogP contribution in [-0.2, 0) is 22.2 Å². The summed E-state index contributed by atoms with van der Waals surface area (Å²) in [6.07, 6.45) is 4.13. The van der Waals surface area contributed by atoms with Crippen LogP contribution in [0.25, 0.3) is 28.0 Å². The zero-order valence-electron chi connectivity index (χ0n) is 26.6. The van der Waals surface area contributed by atoms with Gasteiger partial charge in [-0.1, -0.05) is 86.7 Å². The van der Waals surface area contributed by atoms with Crippen molar-refractivity contribution in [1.82, 2.24) is 0 Å². The van der Waals surface area contributed by atoms with Gasteiger partial charge in [-0.25, -0.2) is 4.79 Å². The topological polar surface area (TPSA) is 102 Å². The summed E-state index contributed by atoms with van der Waals surface area (Å²) in [7, 11) is 3.22. The molecule has 2 aliphatic rings. The molecule has 0 fully saturated rings. The predicted octanol–water partition coefficient (Wildman–Crippen LogP) is 8.23. The van der Waals surface area contributed by atoms with Crippen LogP contribution in [0.2, 0.25) is 0 Å². The number of hydrogen-bond donors (Lipinski definition) is 2. The van der Waals surface area contributed by atoms with E-state index in [-0.39, 0.29) is 23.8 Å². The monoisotopic (exact) mass is 626 g/mol. The van der Waals surface area contributed by atoms with Gasteiger partial charge in [-0.15, -0.1) is 0 Å². The van der Waals surface area contributed by atoms with Crippen LogP contribution in [0.3, 0.4) is 0 Å². The van der Waals surface area contributed by atoms with E-state index in [1.807, 2.05) is 48.5 Å². The molecule has 5 aromatic rings. The Kier molecular flexibility index (Phi) is 7.08. The molecule has 1 unspecified atom stereocenters. The van der Waals surface area contributed by atoms with Crippen molar-refractivity contribution in [2.75, 3.05) is 14.2 Å². The Bertz CT molecular complexity index is 2130. The summed E-state index contributed by atoms with van der Waals surface area (Å²) in [5.41, 5.74) is 5.66. The fourth-order valence-electron chi connectivity index (χ4n) is 7.42. The minimum Gasteiger partial charge on any atom is -0.493 e. The van der Waals surface area contributed by atoms with Gasteiger partial charge in [0.1, 0.15) is 5.75 Å². The largest absolute Gasteiger partial charge is 0.493 e. The molecule has 7 nitrogen and oxygen atoms in total. The lowest BCUT2D eigenvalue weighted by Crippen LogP contribution is -2.36. The lowest BCUT2D eigenvalue weighted by Gasteiger charge is -2.39. The Labute approximate surface area is 272 Å². The number of aryl methyl sites for hydroxylation is 1. The maximum Gasteiger partial charge on any atom is 0.336 e. The Hall–Kier alpha value is -5.56. The standard InChI is InChI=1S/C40H34O7/c1-39(2)30-13-9-8-12-25(30)35-27-21-32(45-3)33(46-4)22-28(27)37-26(36(35)39)18-19-40(47-37,24-10-6-5-7-11-24)31-16-14-23(15-17-34(41)42)20-29(31)38(43)44/h5-14,16,18-22H,15,17H2,1-4H3,(H,41,42)(H,43,44). The zero-order valence-corrected chi connectivity index (χ0v) is 26.6. The van der Waals surface area contributed by atoms with Crippen LogP contribution in [0.4, 0.5) is 0 Å². The second kappa shape index (κ2) is 11.1. The van der Waals surface area contributed by atoms with Gasteiger partial charge in [-0.05, 0) is 63.9 Å². The first-order valence-corrected chi connectivity index (χ1v) is 15.5. The van der Waals surface area contributed by atoms with Gasteiger partial charge in [0, 0.05) is 33.9 Å². The Morgan fingerprint density at radius 1 is 0.809 bits per heavy atom. The van der Waals surface area contributed by atoms with E-state index in [1.54, 1.807) is 32.4 Å². The van der Waals surface area contributed by atoms with Crippen molar-refractivity contribution >= 4 is 28.8 Å². The molecule has 7 heteroatoms. The number of carboxylic acids is 2. The van der Waals surface area contributed by atoms with Crippen molar-refractivity contribution in [1.29, 1.82) is 0 Å². The highest BCUT2D eigenvalue weighted by molar-refractivity contribution is 6.09. The molecule has 0 spiro atoms. The SMILES string of the molecule is COc1cc2c3c(c4c(c2cc1OC)-c1ccccc1C4(C)C)C=CC(c1ccccc1)(c1ccc(CCC(=O)O)cc1C(=O)O)O3. The first-order valence-electron chi connectivity index (χ1n) is 15.5. The summed E-state index contributed by atoms with van der Waals surface area (Å²) in [4.78, 5) is 24.2. The van der Waals surface area contributed by atoms with Gasteiger partial charge < -0.3 is 24.4 Å². The number of aliphatic carboxylic acids is 1. The van der Waals surface area contributed by atoms with Gasteiger partial charge >= 0.3 is 11.9 Å². The lowest BCUT2D eigenvalue weighted by atomic mass is 9.76. The van der Waals surface area contributed by atoms with Crippen LogP contribution in [0, 0.1) is 0 Å². The van der Waals surface area contributed by atoms with E-state index in [1.165, 1.54) is 5.56 Å². The van der Waals surface area contributed by atoms with Gasteiger partial charge in [-0.3, -0.25) is 4.79 Å². The van der Waals surface area contributed by atoms with Gasteiger partial charge in [0.05, 0.1) is 19.8 Å². The molecule has 0 radical (unpaired) electrons. The van der Waals surface area contributed by atoms with Crippen molar-refractivity contribution < 1.29 is 34.0 Å². The summed E-state index contributed by atoms with van der Waals surface area (Å²) in [5, 5.41) is 21.5. The minimum absolute atomic E-state index is 0.0438. The fourth-order valence-corrected chi connectivity index (χ4v) is 7.42. The third kappa shape index (κ3) is 4.56. The summed E-state index contributed by atoms with van der Waals surface area (Å²) < 4.78 is 18.8. The molecule has 0 amide bonds. The predicted molar refractivity (Wildman–Crippen MR) is 181 cm³/mol. The number of fused-ring (bicyclic) bond motifs is 8. The second-order valence-electron chi connectivity index (χ2n) is 12.5. The minimum atomic E-state index is -1.32. The van der Waals surface area contributed by atoms with Crippen LogP contribution in [0.15, 0.2) is 91.0 Å². The number of carboxylic acid groups (broad SMARTS) is 2. The number of aromatic carboxylic acids is 1. The molecule has 5 aromatic carbocycles. The number of rotatable bonds is 8. The quantitative estimate of drug-likeness (QED) is 0.179. The van der Waals surface area contributed by atoms with E-state index < -0.39 is 17.5 Å². The van der Waals surface area contributed by atoms with E-state index in [0.717, 1.165) is 38.6 Å². The zero-order chi connectivity index (χ0) is 33.1. The molecular formula is C40H34O7. The maximum atomic E-state index is 12.9. The Morgan fingerprint density at radius 3 is 2.17 bits per heavy atom. The third-order valence-electron chi connectivity index (χ3n) is 9.59. The number of ether oxygens (including phenoxy) is 3. The maximum absolute atomic E-state index is 12.9. The molecule has 1 aliphatic heterocycles. The van der Waals surface area contributed by atoms with Crippen LogP contribution in [0.1, 0.15) is 64.0 Å². The Balaban J connectivity index is 1.56. The molecule has 0 saturated carbocycles. The van der Waals surface area contributed by atoms with Crippen LogP contribution >= 0.6 is 0 Å². The molecule has 1 atom stereocenters. The highest BCUT2D eigenvalue weighted by atomic mass is 16.5. The molecular weight excluding hydrogens is 592 g/mol. The summed E-state index contributed by atoms with van der Waals surface area (Å²) in [5.74, 6) is -0.325. The summed E-state index contributed by atoms with van der Waals surface area (Å²) >= 11 is 0. The third-order valence-corrected chi connectivity index (χ3v) is 9.59. The first kappa shape index (κ1) is 30.1.